The van der Waals surface area contributed by atoms with Gasteiger partial charge in [0.25, 0.3) is 11.8 Å². The number of hydrogen-bond donors (Lipinski definition) is 2. The molecule has 0 aliphatic heterocycles. The fourth-order valence-corrected chi connectivity index (χ4v) is 2.55. The molecule has 0 radical (unpaired) electrons. The Balaban J connectivity index is 1.59. The second kappa shape index (κ2) is 9.37. The van der Waals surface area contributed by atoms with E-state index in [4.69, 9.17) is 4.74 Å². The zero-order chi connectivity index (χ0) is 19.8. The third-order valence-electron chi connectivity index (χ3n) is 4.04. The number of para-hydroxylation sites is 1. The lowest BCUT2D eigenvalue weighted by molar-refractivity contribution is 0.0953. The van der Waals surface area contributed by atoms with Crippen LogP contribution in [0.25, 0.3) is 0 Å². The maximum absolute atomic E-state index is 12.4. The molecule has 0 aromatic heterocycles. The molecule has 28 heavy (non-hydrogen) atoms. The molecule has 5 heteroatoms. The van der Waals surface area contributed by atoms with Crippen molar-refractivity contribution in [1.29, 1.82) is 0 Å². The van der Waals surface area contributed by atoms with Crippen molar-refractivity contribution in [2.24, 2.45) is 0 Å². The molecule has 5 nitrogen and oxygen atoms in total. The number of anilines is 1. The molecular weight excluding hydrogens is 352 g/mol. The normalized spacial score (nSPS) is 10.2. The lowest BCUT2D eigenvalue weighted by Gasteiger charge is -2.08. The van der Waals surface area contributed by atoms with Crippen LogP contribution in [0.15, 0.2) is 78.9 Å². The van der Waals surface area contributed by atoms with Gasteiger partial charge in [-0.25, -0.2) is 0 Å². The Kier molecular flexibility index (Phi) is 6.41. The van der Waals surface area contributed by atoms with Gasteiger partial charge >= 0.3 is 0 Å². The number of benzene rings is 3. The van der Waals surface area contributed by atoms with Crippen LogP contribution in [-0.2, 0) is 0 Å². The van der Waals surface area contributed by atoms with Crippen LogP contribution in [0, 0.1) is 0 Å². The van der Waals surface area contributed by atoms with Crippen molar-refractivity contribution in [3.63, 3.8) is 0 Å². The smallest absolute Gasteiger partial charge is 0.255 e. The average Bonchev–Trinajstić information content (AvgIpc) is 2.74. The first-order chi connectivity index (χ1) is 13.7. The predicted molar refractivity (Wildman–Crippen MR) is 110 cm³/mol. The van der Waals surface area contributed by atoms with E-state index in [1.807, 2.05) is 37.3 Å². The molecule has 3 aromatic carbocycles. The molecule has 0 aliphatic carbocycles. The number of nitrogens with one attached hydrogen (secondary N) is 2. The molecule has 3 aromatic rings. The summed E-state index contributed by atoms with van der Waals surface area (Å²) in [7, 11) is 0. The largest absolute Gasteiger partial charge is 0.457 e. The molecular formula is C23H22N2O3. The van der Waals surface area contributed by atoms with Crippen molar-refractivity contribution < 1.29 is 14.3 Å². The number of ether oxygens (including phenoxy) is 1. The fraction of sp³-hybridized carbons (Fsp3) is 0.130. The maximum Gasteiger partial charge on any atom is 0.255 e. The van der Waals surface area contributed by atoms with Gasteiger partial charge in [-0.3, -0.25) is 9.59 Å². The lowest BCUT2D eigenvalue weighted by atomic mass is 10.1. The van der Waals surface area contributed by atoms with Gasteiger partial charge in [0.1, 0.15) is 11.5 Å². The lowest BCUT2D eigenvalue weighted by Crippen LogP contribution is -2.23. The van der Waals surface area contributed by atoms with Crippen molar-refractivity contribution in [3.05, 3.63) is 90.0 Å². The Bertz CT molecular complexity index is 920. The molecule has 0 saturated heterocycles. The van der Waals surface area contributed by atoms with Gasteiger partial charge < -0.3 is 15.4 Å². The minimum atomic E-state index is -0.227. The van der Waals surface area contributed by atoms with Crippen LogP contribution >= 0.6 is 0 Å². The van der Waals surface area contributed by atoms with Crippen LogP contribution < -0.4 is 15.4 Å². The number of hydrogen-bond acceptors (Lipinski definition) is 3. The van der Waals surface area contributed by atoms with Gasteiger partial charge in [0.05, 0.1) is 0 Å². The summed E-state index contributed by atoms with van der Waals surface area (Å²) in [4.78, 5) is 24.3. The highest BCUT2D eigenvalue weighted by Crippen LogP contribution is 2.21. The Morgan fingerprint density at radius 1 is 0.750 bits per heavy atom. The van der Waals surface area contributed by atoms with E-state index in [1.165, 1.54) is 0 Å². The summed E-state index contributed by atoms with van der Waals surface area (Å²) in [6.45, 7) is 2.64. The molecule has 0 saturated carbocycles. The standard InChI is InChI=1S/C23H22N2O3/c1-2-16-24-22(26)17-8-12-19(13-9-17)25-23(27)18-10-14-21(15-11-18)28-20-6-4-3-5-7-20/h3-15H,2,16H2,1H3,(H,24,26)(H,25,27). The van der Waals surface area contributed by atoms with Crippen molar-refractivity contribution in [3.8, 4) is 11.5 Å². The zero-order valence-corrected chi connectivity index (χ0v) is 15.6. The topological polar surface area (TPSA) is 67.4 Å². The monoisotopic (exact) mass is 374 g/mol. The summed E-state index contributed by atoms with van der Waals surface area (Å²) < 4.78 is 5.73. The molecule has 0 spiro atoms. The highest BCUT2D eigenvalue weighted by atomic mass is 16.5. The van der Waals surface area contributed by atoms with Gasteiger partial charge in [-0.2, -0.15) is 0 Å². The van der Waals surface area contributed by atoms with E-state index >= 15 is 0 Å². The summed E-state index contributed by atoms with van der Waals surface area (Å²) in [6.07, 6.45) is 0.884. The van der Waals surface area contributed by atoms with E-state index < -0.39 is 0 Å². The first-order valence-corrected chi connectivity index (χ1v) is 9.18. The summed E-state index contributed by atoms with van der Waals surface area (Å²) in [5.41, 5.74) is 1.71. The molecule has 0 heterocycles. The minimum Gasteiger partial charge on any atom is -0.457 e. The van der Waals surface area contributed by atoms with Crippen LogP contribution in [0.2, 0.25) is 0 Å². The van der Waals surface area contributed by atoms with Crippen molar-refractivity contribution >= 4 is 17.5 Å². The molecule has 3 rings (SSSR count). The summed E-state index contributed by atoms with van der Waals surface area (Å²) in [5.74, 6) is 1.05. The molecule has 0 fully saturated rings. The molecule has 0 bridgehead atoms. The number of carbonyl (C=O) groups excluding carboxylic acids is 2. The Morgan fingerprint density at radius 2 is 1.32 bits per heavy atom. The third-order valence-corrected chi connectivity index (χ3v) is 4.04. The number of carbonyl (C=O) groups is 2. The summed E-state index contributed by atoms with van der Waals surface area (Å²) >= 11 is 0. The zero-order valence-electron chi connectivity index (χ0n) is 15.6. The van der Waals surface area contributed by atoms with E-state index in [1.54, 1.807) is 48.5 Å². The third kappa shape index (κ3) is 5.20. The first kappa shape index (κ1) is 19.2. The Morgan fingerprint density at radius 3 is 1.96 bits per heavy atom. The highest BCUT2D eigenvalue weighted by Gasteiger charge is 2.08. The second-order valence-electron chi connectivity index (χ2n) is 6.23. The van der Waals surface area contributed by atoms with Crippen molar-refractivity contribution in [1.82, 2.24) is 5.32 Å². The molecule has 0 atom stereocenters. The van der Waals surface area contributed by atoms with E-state index in [9.17, 15) is 9.59 Å². The predicted octanol–water partition coefficient (Wildman–Crippen LogP) is 4.87. The Labute approximate surface area is 164 Å². The average molecular weight is 374 g/mol. The maximum atomic E-state index is 12.4. The van der Waals surface area contributed by atoms with Crippen LogP contribution in [0.1, 0.15) is 34.1 Å². The molecule has 2 N–H and O–H groups in total. The van der Waals surface area contributed by atoms with E-state index in [0.29, 0.717) is 29.1 Å². The summed E-state index contributed by atoms with van der Waals surface area (Å²) in [5, 5.41) is 5.64. The van der Waals surface area contributed by atoms with Gasteiger partial charge in [-0.15, -0.1) is 0 Å². The fourth-order valence-electron chi connectivity index (χ4n) is 2.55. The second-order valence-corrected chi connectivity index (χ2v) is 6.23. The van der Waals surface area contributed by atoms with Gasteiger partial charge in [-0.1, -0.05) is 25.1 Å². The Hall–Kier alpha value is -3.60. The van der Waals surface area contributed by atoms with Crippen LogP contribution in [0.3, 0.4) is 0 Å². The van der Waals surface area contributed by atoms with Crippen LogP contribution in [0.5, 0.6) is 11.5 Å². The number of amides is 2. The van der Waals surface area contributed by atoms with E-state index in [-0.39, 0.29) is 11.8 Å². The molecule has 2 amide bonds. The van der Waals surface area contributed by atoms with Crippen molar-refractivity contribution in [2.45, 2.75) is 13.3 Å². The minimum absolute atomic E-state index is 0.117. The quantitative estimate of drug-likeness (QED) is 0.620. The highest BCUT2D eigenvalue weighted by molar-refractivity contribution is 6.04. The molecule has 0 unspecified atom stereocenters. The SMILES string of the molecule is CCCNC(=O)c1ccc(NC(=O)c2ccc(Oc3ccccc3)cc2)cc1. The van der Waals surface area contributed by atoms with Gasteiger partial charge in [0, 0.05) is 23.4 Å². The van der Waals surface area contributed by atoms with Gasteiger partial charge in [-0.05, 0) is 67.1 Å². The van der Waals surface area contributed by atoms with Crippen molar-refractivity contribution in [2.75, 3.05) is 11.9 Å². The first-order valence-electron chi connectivity index (χ1n) is 9.18. The van der Waals surface area contributed by atoms with Gasteiger partial charge in [0.15, 0.2) is 0 Å². The molecule has 142 valence electrons. The molecule has 0 aliphatic rings. The van der Waals surface area contributed by atoms with Crippen LogP contribution in [0.4, 0.5) is 5.69 Å². The van der Waals surface area contributed by atoms with Crippen LogP contribution in [-0.4, -0.2) is 18.4 Å². The summed E-state index contributed by atoms with van der Waals surface area (Å²) in [6, 6.07) is 23.2. The van der Waals surface area contributed by atoms with E-state index in [0.717, 1.165) is 12.2 Å². The van der Waals surface area contributed by atoms with Gasteiger partial charge in [0.2, 0.25) is 0 Å². The van der Waals surface area contributed by atoms with E-state index in [2.05, 4.69) is 10.6 Å². The number of rotatable bonds is 7.